The fraction of sp³-hybridized carbons (Fsp3) is 0.200. The van der Waals surface area contributed by atoms with Gasteiger partial charge in [-0.1, -0.05) is 18.2 Å². The lowest BCUT2D eigenvalue weighted by Crippen LogP contribution is -2.09. The molecule has 0 saturated carbocycles. The van der Waals surface area contributed by atoms with Crippen molar-refractivity contribution in [2.75, 3.05) is 24.7 Å². The minimum Gasteiger partial charge on any atom is -0.398 e. The third-order valence-electron chi connectivity index (χ3n) is 3.42. The Morgan fingerprint density at radius 1 is 1.22 bits per heavy atom. The lowest BCUT2D eigenvalue weighted by molar-refractivity contribution is 1.14. The van der Waals surface area contributed by atoms with Crippen LogP contribution in [0.4, 0.5) is 11.4 Å². The van der Waals surface area contributed by atoms with E-state index in [2.05, 4.69) is 40.3 Å². The minimum atomic E-state index is 0.844. The normalized spacial score (nSPS) is 13.7. The summed E-state index contributed by atoms with van der Waals surface area (Å²) in [6, 6.07) is 4.05. The Kier molecular flexibility index (Phi) is 2.40. The lowest BCUT2D eigenvalue weighted by Gasteiger charge is -2.14. The average molecular weight is 239 g/mol. The third kappa shape index (κ3) is 1.51. The highest BCUT2D eigenvalue weighted by molar-refractivity contribution is 6.03. The topological polar surface area (TPSA) is 45.0 Å². The molecule has 1 aliphatic rings. The molecule has 3 rings (SSSR count). The molecule has 3 nitrogen and oxygen atoms in total. The van der Waals surface area contributed by atoms with Gasteiger partial charge in [-0.3, -0.25) is 0 Å². The van der Waals surface area contributed by atoms with Crippen LogP contribution in [0.15, 0.2) is 30.4 Å². The van der Waals surface area contributed by atoms with E-state index >= 15 is 0 Å². The minimum absolute atomic E-state index is 0.844. The summed E-state index contributed by atoms with van der Waals surface area (Å²) in [5, 5.41) is 1.16. The van der Waals surface area contributed by atoms with Crippen LogP contribution in [0.3, 0.4) is 0 Å². The molecule has 0 amide bonds. The SMILES string of the molecule is CN(C)c1ccc(N)c2c3c([nH]c12)C=CC=CC3. The first-order valence-corrected chi connectivity index (χ1v) is 6.12. The van der Waals surface area contributed by atoms with Crippen LogP contribution in [0.1, 0.15) is 11.3 Å². The first-order chi connectivity index (χ1) is 8.68. The van der Waals surface area contributed by atoms with Crippen molar-refractivity contribution in [1.29, 1.82) is 0 Å². The van der Waals surface area contributed by atoms with E-state index in [1.807, 2.05) is 20.2 Å². The van der Waals surface area contributed by atoms with Crippen LogP contribution >= 0.6 is 0 Å². The van der Waals surface area contributed by atoms with Crippen molar-refractivity contribution in [2.45, 2.75) is 6.42 Å². The van der Waals surface area contributed by atoms with Crippen molar-refractivity contribution in [3.05, 3.63) is 41.6 Å². The van der Waals surface area contributed by atoms with Crippen LogP contribution in [-0.2, 0) is 6.42 Å². The molecule has 0 spiro atoms. The zero-order valence-electron chi connectivity index (χ0n) is 10.7. The van der Waals surface area contributed by atoms with Gasteiger partial charge in [0.25, 0.3) is 0 Å². The highest BCUT2D eigenvalue weighted by atomic mass is 15.1. The molecule has 1 aromatic heterocycles. The second-order valence-electron chi connectivity index (χ2n) is 4.83. The van der Waals surface area contributed by atoms with Gasteiger partial charge in [0, 0.05) is 30.9 Å². The van der Waals surface area contributed by atoms with Gasteiger partial charge in [0.1, 0.15) is 0 Å². The number of anilines is 2. The maximum absolute atomic E-state index is 6.16. The molecule has 0 bridgehead atoms. The molecule has 0 unspecified atom stereocenters. The lowest BCUT2D eigenvalue weighted by atomic mass is 10.1. The predicted octanol–water partition coefficient (Wildman–Crippen LogP) is 2.94. The van der Waals surface area contributed by atoms with Crippen LogP contribution in [0.2, 0.25) is 0 Å². The standard InChI is InChI=1S/C15H17N3/c1-18(2)13-9-8-11(16)14-10-6-4-3-5-7-12(10)17-15(13)14/h3-5,7-9,17H,6,16H2,1-2H3. The van der Waals surface area contributed by atoms with Gasteiger partial charge in [0.15, 0.2) is 0 Å². The maximum Gasteiger partial charge on any atom is 0.0720 e. The van der Waals surface area contributed by atoms with E-state index < -0.39 is 0 Å². The molecule has 0 atom stereocenters. The second-order valence-corrected chi connectivity index (χ2v) is 4.83. The Hall–Kier alpha value is -2.16. The van der Waals surface area contributed by atoms with Crippen LogP contribution in [0, 0.1) is 0 Å². The van der Waals surface area contributed by atoms with Crippen LogP contribution in [0.5, 0.6) is 0 Å². The number of hydrogen-bond acceptors (Lipinski definition) is 2. The maximum atomic E-state index is 6.16. The van der Waals surface area contributed by atoms with Crippen molar-refractivity contribution < 1.29 is 0 Å². The fourth-order valence-electron chi connectivity index (χ4n) is 2.55. The van der Waals surface area contributed by atoms with Gasteiger partial charge in [0.05, 0.1) is 11.2 Å². The summed E-state index contributed by atoms with van der Waals surface area (Å²) in [5.74, 6) is 0. The van der Waals surface area contributed by atoms with Crippen molar-refractivity contribution in [1.82, 2.24) is 4.98 Å². The van der Waals surface area contributed by atoms with E-state index in [4.69, 9.17) is 5.73 Å². The number of hydrogen-bond donors (Lipinski definition) is 2. The molecular formula is C15H17N3. The van der Waals surface area contributed by atoms with Crippen LogP contribution in [0.25, 0.3) is 17.0 Å². The molecule has 1 aliphatic carbocycles. The molecule has 0 fully saturated rings. The number of fused-ring (bicyclic) bond motifs is 3. The average Bonchev–Trinajstić information content (AvgIpc) is 2.53. The largest absolute Gasteiger partial charge is 0.398 e. The molecule has 0 aliphatic heterocycles. The van der Waals surface area contributed by atoms with Gasteiger partial charge in [0.2, 0.25) is 0 Å². The Morgan fingerprint density at radius 2 is 2.06 bits per heavy atom. The molecular weight excluding hydrogens is 222 g/mol. The van der Waals surface area contributed by atoms with E-state index in [-0.39, 0.29) is 0 Å². The van der Waals surface area contributed by atoms with Gasteiger partial charge in [-0.15, -0.1) is 0 Å². The van der Waals surface area contributed by atoms with Gasteiger partial charge in [-0.2, -0.15) is 0 Å². The number of benzene rings is 1. The number of aromatic nitrogens is 1. The molecule has 18 heavy (non-hydrogen) atoms. The zero-order chi connectivity index (χ0) is 12.7. The Balaban J connectivity index is 2.38. The second kappa shape index (κ2) is 3.95. The summed E-state index contributed by atoms with van der Waals surface area (Å²) in [6.45, 7) is 0. The van der Waals surface area contributed by atoms with Gasteiger partial charge < -0.3 is 15.6 Å². The monoisotopic (exact) mass is 239 g/mol. The smallest absolute Gasteiger partial charge is 0.0720 e. The van der Waals surface area contributed by atoms with Crippen molar-refractivity contribution in [3.63, 3.8) is 0 Å². The van der Waals surface area contributed by atoms with Gasteiger partial charge in [-0.05, 0) is 30.2 Å². The van der Waals surface area contributed by atoms with Crippen LogP contribution in [-0.4, -0.2) is 19.1 Å². The van der Waals surface area contributed by atoms with Crippen molar-refractivity contribution in [2.24, 2.45) is 0 Å². The number of rotatable bonds is 1. The van der Waals surface area contributed by atoms with Gasteiger partial charge in [-0.25, -0.2) is 0 Å². The Morgan fingerprint density at radius 3 is 2.83 bits per heavy atom. The highest BCUT2D eigenvalue weighted by Gasteiger charge is 2.15. The molecule has 3 N–H and O–H groups in total. The highest BCUT2D eigenvalue weighted by Crippen LogP contribution is 2.35. The molecule has 2 aromatic rings. The first-order valence-electron chi connectivity index (χ1n) is 6.12. The Bertz CT molecular complexity index is 660. The number of nitrogens with one attached hydrogen (secondary N) is 1. The predicted molar refractivity (Wildman–Crippen MR) is 78.9 cm³/mol. The number of allylic oxidation sites excluding steroid dienone is 3. The molecule has 1 heterocycles. The third-order valence-corrected chi connectivity index (χ3v) is 3.42. The summed E-state index contributed by atoms with van der Waals surface area (Å²) in [6.07, 6.45) is 9.33. The van der Waals surface area contributed by atoms with Crippen LogP contribution < -0.4 is 10.6 Å². The first kappa shape index (κ1) is 11.0. The molecule has 3 heteroatoms. The molecule has 0 saturated heterocycles. The summed E-state index contributed by atoms with van der Waals surface area (Å²) in [5.41, 5.74) is 11.8. The molecule has 92 valence electrons. The van der Waals surface area contributed by atoms with E-state index in [0.717, 1.165) is 28.7 Å². The molecule has 0 radical (unpaired) electrons. The van der Waals surface area contributed by atoms with E-state index in [9.17, 15) is 0 Å². The number of nitrogen functional groups attached to an aromatic ring is 1. The molecule has 1 aromatic carbocycles. The Labute approximate surface area is 107 Å². The summed E-state index contributed by atoms with van der Waals surface area (Å²) in [7, 11) is 4.10. The van der Waals surface area contributed by atoms with Crippen molar-refractivity contribution in [3.8, 4) is 0 Å². The van der Waals surface area contributed by atoms with Crippen molar-refractivity contribution >= 4 is 28.4 Å². The van der Waals surface area contributed by atoms with E-state index in [1.54, 1.807) is 0 Å². The van der Waals surface area contributed by atoms with E-state index in [1.165, 1.54) is 11.3 Å². The quantitative estimate of drug-likeness (QED) is 0.751. The van der Waals surface area contributed by atoms with E-state index in [0.29, 0.717) is 0 Å². The number of H-pyrrole nitrogens is 1. The summed E-state index contributed by atoms with van der Waals surface area (Å²) < 4.78 is 0. The van der Waals surface area contributed by atoms with Gasteiger partial charge >= 0.3 is 0 Å². The summed E-state index contributed by atoms with van der Waals surface area (Å²) in [4.78, 5) is 5.61. The fourth-order valence-corrected chi connectivity index (χ4v) is 2.55. The number of nitrogens with two attached hydrogens (primary N) is 1. The number of aromatic amines is 1. The summed E-state index contributed by atoms with van der Waals surface area (Å²) >= 11 is 0. The number of nitrogens with zero attached hydrogens (tertiary/aromatic N) is 1. The zero-order valence-corrected chi connectivity index (χ0v) is 10.7.